The minimum Gasteiger partial charge on any atom is -0.491 e. The number of benzene rings is 1. The molecule has 7 rings (SSSR count). The van der Waals surface area contributed by atoms with Gasteiger partial charge in [-0.15, -0.1) is 0 Å². The van der Waals surface area contributed by atoms with Crippen LogP contribution < -0.4 is 25.6 Å². The van der Waals surface area contributed by atoms with Crippen LogP contribution in [0.1, 0.15) is 0 Å². The Bertz CT molecular complexity index is 1750. The molecule has 0 radical (unpaired) electrons. The van der Waals surface area contributed by atoms with Gasteiger partial charge in [-0.05, 0) is 30.3 Å². The summed E-state index contributed by atoms with van der Waals surface area (Å²) in [5.41, 5.74) is 8.69. The van der Waals surface area contributed by atoms with Crippen molar-refractivity contribution in [2.24, 2.45) is 0 Å². The number of nitrogens with one attached hydrogen (secondary N) is 1. The van der Waals surface area contributed by atoms with Crippen LogP contribution in [0, 0.1) is 5.82 Å². The molecular formula is C28H31FN8O4S. The van der Waals surface area contributed by atoms with Crippen molar-refractivity contribution in [3.8, 4) is 17.2 Å². The van der Waals surface area contributed by atoms with E-state index in [1.54, 1.807) is 27.5 Å². The zero-order valence-electron chi connectivity index (χ0n) is 22.9. The lowest BCUT2D eigenvalue weighted by Gasteiger charge is -2.36. The highest BCUT2D eigenvalue weighted by Gasteiger charge is 2.22. The van der Waals surface area contributed by atoms with Crippen LogP contribution in [0.5, 0.6) is 5.75 Å². The predicted octanol–water partition coefficient (Wildman–Crippen LogP) is 2.28. The standard InChI is InChI=1S/C28H31FN8O4S/c29-20-14-18(41-17-19-16-31-5-13-39-19)3-4-22(20)35-9-6-34(7-10-35)8-11-36-26-25(42-28(36)38)23-15-21(24-2-1-12-40-24)33-37(23)27(30)32-26/h1-4,12,14-15,19,31H,5-11,13,16-17H2,(H2,30,32). The number of fused-ring (bicyclic) bond motifs is 3. The van der Waals surface area contributed by atoms with Crippen LogP contribution in [-0.2, 0) is 11.3 Å². The number of hydrogen-bond acceptors (Lipinski definition) is 11. The predicted molar refractivity (Wildman–Crippen MR) is 158 cm³/mol. The third-order valence-electron chi connectivity index (χ3n) is 7.73. The van der Waals surface area contributed by atoms with E-state index in [4.69, 9.17) is 19.6 Å². The fraction of sp³-hybridized carbons (Fsp3) is 0.393. The molecule has 0 bridgehead atoms. The van der Waals surface area contributed by atoms with Crippen molar-refractivity contribution in [1.29, 1.82) is 0 Å². The SMILES string of the molecule is Nc1nc2c(sc(=O)n2CCN2CCN(c3ccc(OCC4CNCCO4)cc3F)CC2)c2cc(-c3ccco3)nn12. The van der Waals surface area contributed by atoms with Gasteiger partial charge >= 0.3 is 4.87 Å². The first-order valence-corrected chi connectivity index (χ1v) is 14.8. The molecule has 12 nitrogen and oxygen atoms in total. The van der Waals surface area contributed by atoms with Gasteiger partial charge < -0.3 is 29.8 Å². The third-order valence-corrected chi connectivity index (χ3v) is 8.72. The first-order valence-electron chi connectivity index (χ1n) is 14.0. The second kappa shape index (κ2) is 11.4. The number of aromatic nitrogens is 4. The van der Waals surface area contributed by atoms with Gasteiger partial charge in [0.25, 0.3) is 0 Å². The Kier molecular flexibility index (Phi) is 7.27. The molecule has 0 amide bonds. The van der Waals surface area contributed by atoms with Gasteiger partial charge in [0, 0.05) is 58.4 Å². The average Bonchev–Trinajstić information content (AvgIpc) is 3.76. The number of hydrogen-bond donors (Lipinski definition) is 2. The van der Waals surface area contributed by atoms with Crippen molar-refractivity contribution in [3.05, 3.63) is 58.1 Å². The molecule has 2 aliphatic rings. The zero-order chi connectivity index (χ0) is 28.6. The minimum atomic E-state index is -0.301. The lowest BCUT2D eigenvalue weighted by Crippen LogP contribution is -2.47. The number of nitrogens with two attached hydrogens (primary N) is 1. The van der Waals surface area contributed by atoms with Crippen LogP contribution in [-0.4, -0.2) is 89.2 Å². The quantitative estimate of drug-likeness (QED) is 0.276. The van der Waals surface area contributed by atoms with Crippen LogP contribution in [0.3, 0.4) is 0 Å². The van der Waals surface area contributed by atoms with E-state index in [1.165, 1.54) is 6.07 Å². The summed E-state index contributed by atoms with van der Waals surface area (Å²) in [5.74, 6) is 1.01. The van der Waals surface area contributed by atoms with E-state index in [-0.39, 0.29) is 22.7 Å². The highest BCUT2D eigenvalue weighted by molar-refractivity contribution is 7.17. The molecule has 2 fully saturated rings. The number of rotatable bonds is 8. The molecule has 1 unspecified atom stereocenters. The first-order chi connectivity index (χ1) is 20.5. The fourth-order valence-corrected chi connectivity index (χ4v) is 6.45. The Morgan fingerprint density at radius 2 is 2.05 bits per heavy atom. The maximum absolute atomic E-state index is 15.0. The summed E-state index contributed by atoms with van der Waals surface area (Å²) in [6.45, 7) is 6.59. The third kappa shape index (κ3) is 5.22. The summed E-state index contributed by atoms with van der Waals surface area (Å²) in [6.07, 6.45) is 1.55. The van der Waals surface area contributed by atoms with Crippen LogP contribution >= 0.6 is 11.3 Å². The van der Waals surface area contributed by atoms with Crippen LogP contribution in [0.2, 0.25) is 0 Å². The summed E-state index contributed by atoms with van der Waals surface area (Å²) >= 11 is 1.14. The average molecular weight is 595 g/mol. The Morgan fingerprint density at radius 3 is 2.81 bits per heavy atom. The van der Waals surface area contributed by atoms with Crippen molar-refractivity contribution in [2.75, 3.05) is 69.7 Å². The van der Waals surface area contributed by atoms with Gasteiger partial charge in [0.05, 0.1) is 24.1 Å². The monoisotopic (exact) mass is 594 g/mol. The Morgan fingerprint density at radius 1 is 1.17 bits per heavy atom. The molecule has 0 aliphatic carbocycles. The largest absolute Gasteiger partial charge is 0.491 e. The van der Waals surface area contributed by atoms with Gasteiger partial charge in [0.2, 0.25) is 5.95 Å². The Balaban J connectivity index is 0.986. The van der Waals surface area contributed by atoms with Gasteiger partial charge in [-0.25, -0.2) is 4.39 Å². The van der Waals surface area contributed by atoms with Crippen molar-refractivity contribution in [1.82, 2.24) is 29.4 Å². The number of nitrogens with zero attached hydrogens (tertiary/aromatic N) is 6. The van der Waals surface area contributed by atoms with Crippen molar-refractivity contribution in [2.45, 2.75) is 12.6 Å². The Labute approximate surface area is 244 Å². The lowest BCUT2D eigenvalue weighted by molar-refractivity contribution is 0.000140. The number of halogens is 1. The van der Waals surface area contributed by atoms with Crippen molar-refractivity contribution >= 4 is 38.8 Å². The molecule has 0 spiro atoms. The van der Waals surface area contributed by atoms with Crippen LogP contribution in [0.4, 0.5) is 16.0 Å². The summed E-state index contributed by atoms with van der Waals surface area (Å²) in [5, 5.41) is 7.77. The van der Waals surface area contributed by atoms with Crippen LogP contribution in [0.25, 0.3) is 27.3 Å². The molecule has 0 saturated carbocycles. The molecule has 3 N–H and O–H groups in total. The van der Waals surface area contributed by atoms with Crippen molar-refractivity contribution < 1.29 is 18.3 Å². The molecule has 1 atom stereocenters. The first kappa shape index (κ1) is 26.9. The van der Waals surface area contributed by atoms with Gasteiger partial charge in [0.15, 0.2) is 11.4 Å². The number of piperazine rings is 1. The van der Waals surface area contributed by atoms with Gasteiger partial charge in [0.1, 0.15) is 34.7 Å². The second-order valence-corrected chi connectivity index (χ2v) is 11.4. The minimum absolute atomic E-state index is 0.0298. The fourth-order valence-electron chi connectivity index (χ4n) is 5.49. The molecule has 4 aromatic heterocycles. The highest BCUT2D eigenvalue weighted by Crippen LogP contribution is 2.29. The molecule has 5 aromatic rings. The molecule has 6 heterocycles. The number of morpholine rings is 1. The molecule has 1 aromatic carbocycles. The van der Waals surface area contributed by atoms with Crippen molar-refractivity contribution in [3.63, 3.8) is 0 Å². The lowest BCUT2D eigenvalue weighted by atomic mass is 10.2. The summed E-state index contributed by atoms with van der Waals surface area (Å²) in [4.78, 5) is 21.8. The number of anilines is 2. The van der Waals surface area contributed by atoms with E-state index in [2.05, 4.69) is 20.3 Å². The molecule has 2 aliphatic heterocycles. The molecule has 42 heavy (non-hydrogen) atoms. The number of nitrogen functional groups attached to an aromatic ring is 1. The van der Waals surface area contributed by atoms with Crippen LogP contribution in [0.15, 0.2) is 51.9 Å². The van der Waals surface area contributed by atoms with E-state index in [1.807, 2.05) is 23.1 Å². The normalized spacial score (nSPS) is 18.3. The molecular weight excluding hydrogens is 563 g/mol. The van der Waals surface area contributed by atoms with Gasteiger partial charge in [-0.2, -0.15) is 14.6 Å². The topological polar surface area (TPSA) is 128 Å². The molecule has 220 valence electrons. The number of thiazole rings is 1. The number of furan rings is 1. The summed E-state index contributed by atoms with van der Waals surface area (Å²) < 4.78 is 35.8. The smallest absolute Gasteiger partial charge is 0.309 e. The highest BCUT2D eigenvalue weighted by atomic mass is 32.1. The van der Waals surface area contributed by atoms with Gasteiger partial charge in [-0.1, -0.05) is 11.3 Å². The number of ether oxygens (including phenoxy) is 2. The summed E-state index contributed by atoms with van der Waals surface area (Å²) in [7, 11) is 0. The molecule has 2 saturated heterocycles. The van der Waals surface area contributed by atoms with E-state index < -0.39 is 0 Å². The zero-order valence-corrected chi connectivity index (χ0v) is 23.7. The van der Waals surface area contributed by atoms with E-state index in [0.717, 1.165) is 47.7 Å². The summed E-state index contributed by atoms with van der Waals surface area (Å²) in [6, 6.07) is 10.5. The van der Waals surface area contributed by atoms with E-state index >= 15 is 4.39 Å². The van der Waals surface area contributed by atoms with E-state index in [9.17, 15) is 4.79 Å². The van der Waals surface area contributed by atoms with Gasteiger partial charge in [-0.3, -0.25) is 14.3 Å². The maximum Gasteiger partial charge on any atom is 0.309 e. The molecule has 14 heteroatoms. The van der Waals surface area contributed by atoms with E-state index in [0.29, 0.717) is 67.9 Å². The Hall–Kier alpha value is -3.98. The maximum atomic E-state index is 15.0. The second-order valence-electron chi connectivity index (χ2n) is 10.4.